The van der Waals surface area contributed by atoms with Gasteiger partial charge in [0.2, 0.25) is 11.9 Å². The van der Waals surface area contributed by atoms with Crippen molar-refractivity contribution in [2.24, 2.45) is 13.0 Å². The van der Waals surface area contributed by atoms with E-state index in [1.807, 2.05) is 6.92 Å². The van der Waals surface area contributed by atoms with Crippen molar-refractivity contribution >= 4 is 29.6 Å². The minimum Gasteiger partial charge on any atom is -0.384 e. The molecule has 10 nitrogen and oxygen atoms in total. The van der Waals surface area contributed by atoms with Crippen LogP contribution in [-0.2, 0) is 23.1 Å². The summed E-state index contributed by atoms with van der Waals surface area (Å²) in [4.78, 5) is 50.5. The summed E-state index contributed by atoms with van der Waals surface area (Å²) in [6.45, 7) is 1.84. The first kappa shape index (κ1) is 24.8. The molecule has 4 amide bonds. The van der Waals surface area contributed by atoms with Gasteiger partial charge in [0.05, 0.1) is 12.0 Å². The number of hydrogen-bond acceptors (Lipinski definition) is 6. The molecule has 4 rings (SSSR count). The fourth-order valence-corrected chi connectivity index (χ4v) is 4.47. The van der Waals surface area contributed by atoms with Crippen molar-refractivity contribution in [3.63, 3.8) is 0 Å². The molecule has 0 aliphatic carbocycles. The number of carbonyl (C=O) groups is 3. The predicted molar refractivity (Wildman–Crippen MR) is 131 cm³/mol. The molecule has 1 saturated heterocycles. The fraction of sp³-hybridized carbons (Fsp3) is 0.320. The van der Waals surface area contributed by atoms with Crippen molar-refractivity contribution in [3.05, 3.63) is 71.9 Å². The van der Waals surface area contributed by atoms with Crippen molar-refractivity contribution in [1.29, 1.82) is 0 Å². The molecule has 3 N–H and O–H groups in total. The van der Waals surface area contributed by atoms with Crippen LogP contribution in [0, 0.1) is 11.7 Å². The van der Waals surface area contributed by atoms with E-state index < -0.39 is 41.7 Å². The highest BCUT2D eigenvalue weighted by Gasteiger charge is 2.55. The van der Waals surface area contributed by atoms with Crippen LogP contribution in [0.4, 0.5) is 21.0 Å². The lowest BCUT2D eigenvalue weighted by Crippen LogP contribution is -2.70. The molecule has 0 bridgehead atoms. The Labute approximate surface area is 207 Å². The monoisotopic (exact) mass is 493 g/mol. The summed E-state index contributed by atoms with van der Waals surface area (Å²) in [6, 6.07) is 6.94. The van der Waals surface area contributed by atoms with Gasteiger partial charge in [-0.25, -0.2) is 19.2 Å². The molecule has 0 saturated carbocycles. The van der Waals surface area contributed by atoms with Crippen LogP contribution >= 0.6 is 0 Å². The Hall–Kier alpha value is -4.28. The highest BCUT2D eigenvalue weighted by molar-refractivity contribution is 6.12. The maximum atomic E-state index is 13.8. The van der Waals surface area contributed by atoms with Crippen LogP contribution < -0.4 is 16.0 Å². The summed E-state index contributed by atoms with van der Waals surface area (Å²) < 4.78 is 15.4. The highest BCUT2D eigenvalue weighted by Crippen LogP contribution is 2.33. The predicted octanol–water partition coefficient (Wildman–Crippen LogP) is 2.43. The summed E-state index contributed by atoms with van der Waals surface area (Å²) in [5.74, 6) is -1.47. The maximum absolute atomic E-state index is 13.8. The number of pyridine rings is 1. The number of aromatic nitrogens is 3. The summed E-state index contributed by atoms with van der Waals surface area (Å²) in [6.07, 6.45) is 5.44. The number of nitrogens with two attached hydrogens (primary N) is 1. The van der Waals surface area contributed by atoms with E-state index in [0.29, 0.717) is 23.8 Å². The van der Waals surface area contributed by atoms with Gasteiger partial charge in [-0.1, -0.05) is 19.1 Å². The summed E-state index contributed by atoms with van der Waals surface area (Å²) in [5.41, 5.74) is 7.07. The number of urea groups is 1. The van der Waals surface area contributed by atoms with Gasteiger partial charge in [0, 0.05) is 32.7 Å². The Bertz CT molecular complexity index is 1290. The second-order valence-corrected chi connectivity index (χ2v) is 8.75. The first-order valence-electron chi connectivity index (χ1n) is 11.6. The van der Waals surface area contributed by atoms with E-state index in [0.717, 1.165) is 10.5 Å². The minimum atomic E-state index is -1.06. The highest BCUT2D eigenvalue weighted by atomic mass is 19.1. The molecule has 11 heteroatoms. The quantitative estimate of drug-likeness (QED) is 0.487. The average Bonchev–Trinajstić information content (AvgIpc) is 3.28. The maximum Gasteiger partial charge on any atom is 0.325 e. The molecule has 0 spiro atoms. The molecule has 1 aliphatic heterocycles. The zero-order chi connectivity index (χ0) is 26.0. The molecule has 1 unspecified atom stereocenters. The molecule has 2 aromatic heterocycles. The van der Waals surface area contributed by atoms with Gasteiger partial charge in [0.1, 0.15) is 17.7 Å². The molecule has 1 fully saturated rings. The van der Waals surface area contributed by atoms with Gasteiger partial charge >= 0.3 is 6.03 Å². The van der Waals surface area contributed by atoms with Crippen LogP contribution in [0.1, 0.15) is 30.5 Å². The number of anilines is 2. The number of rotatable bonds is 7. The second kappa shape index (κ2) is 10.1. The number of benzene rings is 1. The number of nitrogens with one attached hydrogen (secondary N) is 1. The number of halogens is 1. The van der Waals surface area contributed by atoms with E-state index in [4.69, 9.17) is 5.73 Å². The van der Waals surface area contributed by atoms with E-state index in [1.54, 1.807) is 55.3 Å². The number of nitrogen functional groups attached to an aromatic ring is 1. The van der Waals surface area contributed by atoms with Crippen LogP contribution in [0.3, 0.4) is 0 Å². The molecule has 188 valence electrons. The number of imide groups is 1. The lowest BCUT2D eigenvalue weighted by atomic mass is 9.81. The largest absolute Gasteiger partial charge is 0.384 e. The third-order valence-electron chi connectivity index (χ3n) is 6.37. The Morgan fingerprint density at radius 1 is 1.22 bits per heavy atom. The van der Waals surface area contributed by atoms with Crippen molar-refractivity contribution in [3.8, 4) is 0 Å². The summed E-state index contributed by atoms with van der Waals surface area (Å²) in [5, 5.41) is 2.78. The number of β-lactam (4-membered cyclic amide) rings is 1. The number of likely N-dealkylation sites (N-methyl/N-ethyl adjacent to an activating group) is 1. The molecule has 36 heavy (non-hydrogen) atoms. The molecule has 1 aliphatic rings. The van der Waals surface area contributed by atoms with E-state index in [-0.39, 0.29) is 6.42 Å². The Morgan fingerprint density at radius 3 is 2.64 bits per heavy atom. The van der Waals surface area contributed by atoms with Gasteiger partial charge in [-0.2, -0.15) is 0 Å². The van der Waals surface area contributed by atoms with E-state index >= 15 is 0 Å². The van der Waals surface area contributed by atoms with E-state index in [9.17, 15) is 18.8 Å². The minimum absolute atomic E-state index is 0.210. The number of aryl methyl sites for hydroxylation is 1. The number of likely N-dealkylation sites (tertiary alicyclic amines) is 1. The molecule has 3 aromatic rings. The van der Waals surface area contributed by atoms with E-state index in [2.05, 4.69) is 15.3 Å². The van der Waals surface area contributed by atoms with Crippen molar-refractivity contribution in [2.45, 2.75) is 31.8 Å². The number of hydrogen-bond donors (Lipinski definition) is 2. The fourth-order valence-electron chi connectivity index (χ4n) is 4.47. The number of nitrogens with zero attached hydrogens (tertiary/aromatic N) is 5. The van der Waals surface area contributed by atoms with Crippen LogP contribution in [-0.4, -0.2) is 50.4 Å². The molecular weight excluding hydrogens is 465 g/mol. The van der Waals surface area contributed by atoms with Crippen LogP contribution in [0.5, 0.6) is 0 Å². The molecule has 0 radical (unpaired) electrons. The topological polar surface area (TPSA) is 126 Å². The zero-order valence-electron chi connectivity index (χ0n) is 20.3. The molecule has 3 atom stereocenters. The van der Waals surface area contributed by atoms with Gasteiger partial charge in [-0.15, -0.1) is 0 Å². The Balaban J connectivity index is 1.61. The lowest BCUT2D eigenvalue weighted by Gasteiger charge is -2.45. The first-order valence-corrected chi connectivity index (χ1v) is 11.6. The van der Waals surface area contributed by atoms with Gasteiger partial charge in [-0.05, 0) is 48.2 Å². The van der Waals surface area contributed by atoms with Gasteiger partial charge < -0.3 is 15.6 Å². The molecular formula is C25H28FN7O3. The third-order valence-corrected chi connectivity index (χ3v) is 6.37. The lowest BCUT2D eigenvalue weighted by molar-refractivity contribution is -0.156. The Morgan fingerprint density at radius 2 is 2.00 bits per heavy atom. The molecule has 3 heterocycles. The van der Waals surface area contributed by atoms with E-state index in [1.165, 1.54) is 23.2 Å². The Kier molecular flexibility index (Phi) is 7.00. The van der Waals surface area contributed by atoms with Crippen LogP contribution in [0.25, 0.3) is 0 Å². The smallest absolute Gasteiger partial charge is 0.325 e. The van der Waals surface area contributed by atoms with Gasteiger partial charge in [-0.3, -0.25) is 19.4 Å². The van der Waals surface area contributed by atoms with Crippen LogP contribution in [0.15, 0.2) is 55.0 Å². The normalized spacial score (nSPS) is 17.9. The zero-order valence-corrected chi connectivity index (χ0v) is 20.3. The van der Waals surface area contributed by atoms with Crippen molar-refractivity contribution < 1.29 is 18.8 Å². The average molecular weight is 494 g/mol. The van der Waals surface area contributed by atoms with Gasteiger partial charge in [0.25, 0.3) is 5.91 Å². The first-order chi connectivity index (χ1) is 17.2. The van der Waals surface area contributed by atoms with Crippen molar-refractivity contribution in [1.82, 2.24) is 24.8 Å². The third kappa shape index (κ3) is 4.77. The number of imidazole rings is 1. The SMILES string of the molecule is CC[C@H](NC(=O)N1C(=O)C(Cc2ccnc(N)c2)[C@H]1C(=O)N(C)c1nccn1C)c1cccc(F)c1. The number of amides is 4. The van der Waals surface area contributed by atoms with Crippen LogP contribution in [0.2, 0.25) is 0 Å². The van der Waals surface area contributed by atoms with Gasteiger partial charge in [0.15, 0.2) is 0 Å². The number of carbonyl (C=O) groups excluding carboxylic acids is 3. The second-order valence-electron chi connectivity index (χ2n) is 8.75. The van der Waals surface area contributed by atoms with Crippen molar-refractivity contribution in [2.75, 3.05) is 17.7 Å². The molecule has 1 aromatic carbocycles. The summed E-state index contributed by atoms with van der Waals surface area (Å²) >= 11 is 0. The summed E-state index contributed by atoms with van der Waals surface area (Å²) in [7, 11) is 3.29. The standard InChI is InChI=1S/C25H28FN7O3/c1-4-19(16-6-5-7-17(26)14-16)30-25(36)33-21(23(35)32(3)24-29-10-11-31(24)2)18(22(33)34)12-15-8-9-28-20(27)13-15/h5-11,13-14,18-19,21H,4,12H2,1-3H3,(H2,27,28)(H,30,36)/t18?,19-,21-/m0/s1.